The van der Waals surface area contributed by atoms with Crippen molar-refractivity contribution in [3.05, 3.63) is 101 Å². The maximum Gasteiger partial charge on any atom is 0.344 e. The summed E-state index contributed by atoms with van der Waals surface area (Å²) in [5.74, 6) is 0.0148. The lowest BCUT2D eigenvalue weighted by Gasteiger charge is -2.04. The van der Waals surface area contributed by atoms with Gasteiger partial charge in [0.15, 0.2) is 12.4 Å². The second kappa shape index (κ2) is 7.00. The molecule has 0 saturated carbocycles. The van der Waals surface area contributed by atoms with Crippen LogP contribution in [0.3, 0.4) is 0 Å². The van der Waals surface area contributed by atoms with E-state index in [1.54, 1.807) is 30.3 Å². The van der Waals surface area contributed by atoms with Crippen molar-refractivity contribution in [2.45, 2.75) is 13.5 Å². The van der Waals surface area contributed by atoms with E-state index in [1.807, 2.05) is 60.3 Å². The Morgan fingerprint density at radius 2 is 1.67 bits per heavy atom. The topological polar surface area (TPSA) is 51.2 Å². The Morgan fingerprint density at radius 1 is 0.963 bits per heavy atom. The number of aromatic nitrogens is 1. The summed E-state index contributed by atoms with van der Waals surface area (Å²) in [5, 5.41) is 0.864. The lowest BCUT2D eigenvalue weighted by Crippen LogP contribution is -2.37. The summed E-state index contributed by atoms with van der Waals surface area (Å²) in [7, 11) is 0. The first kappa shape index (κ1) is 16.9. The second-order valence-corrected chi connectivity index (χ2v) is 6.53. The van der Waals surface area contributed by atoms with Gasteiger partial charge in [-0.15, -0.1) is 0 Å². The number of para-hydroxylation sites is 1. The lowest BCUT2D eigenvalue weighted by atomic mass is 10.0. The van der Waals surface area contributed by atoms with Crippen LogP contribution in [0.4, 0.5) is 0 Å². The minimum atomic E-state index is -0.386. The van der Waals surface area contributed by atoms with Gasteiger partial charge >= 0.3 is 5.63 Å². The van der Waals surface area contributed by atoms with Crippen molar-refractivity contribution in [2.24, 2.45) is 0 Å². The van der Waals surface area contributed by atoms with E-state index in [0.717, 1.165) is 16.5 Å². The van der Waals surface area contributed by atoms with Gasteiger partial charge in [0.1, 0.15) is 5.58 Å². The molecule has 27 heavy (non-hydrogen) atoms. The van der Waals surface area contributed by atoms with Crippen LogP contribution < -0.4 is 10.2 Å². The molecule has 0 N–H and O–H groups in total. The van der Waals surface area contributed by atoms with Gasteiger partial charge < -0.3 is 4.42 Å². The van der Waals surface area contributed by atoms with Crippen LogP contribution >= 0.6 is 0 Å². The van der Waals surface area contributed by atoms with Gasteiger partial charge in [0, 0.05) is 23.1 Å². The third-order valence-corrected chi connectivity index (χ3v) is 4.54. The molecule has 0 saturated heterocycles. The Kier molecular flexibility index (Phi) is 4.38. The Hall–Kier alpha value is -3.53. The highest BCUT2D eigenvalue weighted by Crippen LogP contribution is 2.21. The first-order valence-corrected chi connectivity index (χ1v) is 8.72. The minimum Gasteiger partial charge on any atom is -0.422 e. The quantitative estimate of drug-likeness (QED) is 0.316. The molecule has 0 aliphatic rings. The molecule has 0 aliphatic heterocycles. The zero-order chi connectivity index (χ0) is 18.8. The molecule has 0 bridgehead atoms. The summed E-state index contributed by atoms with van der Waals surface area (Å²) in [6.45, 7) is 2.28. The van der Waals surface area contributed by atoms with E-state index in [0.29, 0.717) is 16.7 Å². The number of carbonyl (C=O) groups excluding carboxylic acids is 1. The number of aryl methyl sites for hydroxylation is 1. The number of hydrogen-bond donors (Lipinski definition) is 0. The zero-order valence-corrected chi connectivity index (χ0v) is 14.9. The molecular formula is C23H18NO3+. The number of carbonyl (C=O) groups is 1. The normalized spacial score (nSPS) is 10.9. The van der Waals surface area contributed by atoms with Crippen molar-refractivity contribution in [1.29, 1.82) is 0 Å². The van der Waals surface area contributed by atoms with Crippen LogP contribution in [0.2, 0.25) is 0 Å². The number of Topliss-reactive ketones (excluding diaryl/α,β-unsaturated/α-hetero) is 1. The maximum absolute atomic E-state index is 12.5. The van der Waals surface area contributed by atoms with Crippen LogP contribution in [0.5, 0.6) is 0 Å². The van der Waals surface area contributed by atoms with Gasteiger partial charge in [-0.3, -0.25) is 4.79 Å². The minimum absolute atomic E-state index is 0.0148. The molecule has 4 aromatic rings. The summed E-state index contributed by atoms with van der Waals surface area (Å²) < 4.78 is 7.24. The first-order valence-electron chi connectivity index (χ1n) is 8.72. The number of hydrogen-bond acceptors (Lipinski definition) is 3. The predicted octanol–water partition coefficient (Wildman–Crippen LogP) is 3.94. The number of pyridine rings is 1. The smallest absolute Gasteiger partial charge is 0.344 e. The molecule has 0 amide bonds. The fourth-order valence-electron chi connectivity index (χ4n) is 2.99. The van der Waals surface area contributed by atoms with Crippen LogP contribution in [0.1, 0.15) is 15.9 Å². The van der Waals surface area contributed by atoms with Gasteiger partial charge in [-0.2, -0.15) is 4.57 Å². The number of ketones is 1. The number of benzene rings is 2. The average molecular weight is 356 g/mol. The molecule has 2 aromatic heterocycles. The van der Waals surface area contributed by atoms with Gasteiger partial charge in [-0.05, 0) is 30.2 Å². The summed E-state index contributed by atoms with van der Waals surface area (Å²) in [6, 6.07) is 20.2. The summed E-state index contributed by atoms with van der Waals surface area (Å²) >= 11 is 0. The van der Waals surface area contributed by atoms with Gasteiger partial charge in [0.2, 0.25) is 12.3 Å². The summed E-state index contributed by atoms with van der Waals surface area (Å²) in [4.78, 5) is 24.8. The number of rotatable bonds is 4. The van der Waals surface area contributed by atoms with Crippen molar-refractivity contribution in [3.8, 4) is 11.1 Å². The molecular weight excluding hydrogens is 338 g/mol. The van der Waals surface area contributed by atoms with Crippen molar-refractivity contribution in [3.63, 3.8) is 0 Å². The van der Waals surface area contributed by atoms with Gasteiger partial charge in [0.05, 0.1) is 5.56 Å². The van der Waals surface area contributed by atoms with E-state index < -0.39 is 0 Å². The molecule has 132 valence electrons. The van der Waals surface area contributed by atoms with Crippen molar-refractivity contribution in [2.75, 3.05) is 0 Å². The molecule has 0 atom stereocenters. The first-order chi connectivity index (χ1) is 13.1. The number of nitrogens with zero attached hydrogens (tertiary/aromatic N) is 1. The van der Waals surface area contributed by atoms with E-state index in [1.165, 1.54) is 0 Å². The maximum atomic E-state index is 12.5. The van der Waals surface area contributed by atoms with Gasteiger partial charge in [-0.25, -0.2) is 4.79 Å². The zero-order valence-electron chi connectivity index (χ0n) is 14.9. The Morgan fingerprint density at radius 3 is 2.41 bits per heavy atom. The van der Waals surface area contributed by atoms with Crippen LogP contribution in [-0.4, -0.2) is 5.78 Å². The Balaban J connectivity index is 1.60. The lowest BCUT2D eigenvalue weighted by molar-refractivity contribution is -0.683. The van der Waals surface area contributed by atoms with Crippen molar-refractivity contribution < 1.29 is 13.8 Å². The molecule has 4 rings (SSSR count). The van der Waals surface area contributed by atoms with Gasteiger partial charge in [-0.1, -0.05) is 42.5 Å². The van der Waals surface area contributed by atoms with E-state index in [9.17, 15) is 9.59 Å². The molecule has 0 unspecified atom stereocenters. The highest BCUT2D eigenvalue weighted by atomic mass is 16.4. The highest BCUT2D eigenvalue weighted by molar-refractivity contribution is 5.95. The molecule has 4 nitrogen and oxygen atoms in total. The third kappa shape index (κ3) is 3.55. The van der Waals surface area contributed by atoms with Crippen molar-refractivity contribution >= 4 is 16.8 Å². The van der Waals surface area contributed by atoms with Crippen molar-refractivity contribution in [1.82, 2.24) is 0 Å². The second-order valence-electron chi connectivity index (χ2n) is 6.53. The van der Waals surface area contributed by atoms with Gasteiger partial charge in [0.25, 0.3) is 0 Å². The van der Waals surface area contributed by atoms with Crippen LogP contribution in [0.25, 0.3) is 22.1 Å². The van der Waals surface area contributed by atoms with Crippen LogP contribution in [0.15, 0.2) is 88.3 Å². The molecule has 0 spiro atoms. The molecule has 0 fully saturated rings. The largest absolute Gasteiger partial charge is 0.422 e. The highest BCUT2D eigenvalue weighted by Gasteiger charge is 2.13. The summed E-state index contributed by atoms with van der Waals surface area (Å²) in [5.41, 5.74) is 3.15. The van der Waals surface area contributed by atoms with E-state index in [2.05, 4.69) is 0 Å². The van der Waals surface area contributed by atoms with Crippen LogP contribution in [-0.2, 0) is 6.54 Å². The SMILES string of the molecule is Cc1cc[n+](CC(=O)c2ccc(-c3cc4ccccc4oc3=O)cc2)cc1. The molecule has 2 heterocycles. The summed E-state index contributed by atoms with van der Waals surface area (Å²) in [6.07, 6.45) is 3.78. The van der Waals surface area contributed by atoms with E-state index >= 15 is 0 Å². The monoisotopic (exact) mass is 356 g/mol. The van der Waals surface area contributed by atoms with E-state index in [4.69, 9.17) is 4.42 Å². The number of fused-ring (bicyclic) bond motifs is 1. The standard InChI is InChI=1S/C23H18NO3/c1-16-10-12-24(13-11-16)15-21(25)18-8-6-17(7-9-18)20-14-19-4-2-3-5-22(19)27-23(20)26/h2-14H,15H2,1H3/q+1. The average Bonchev–Trinajstić information content (AvgIpc) is 2.69. The molecule has 4 heteroatoms. The van der Waals surface area contributed by atoms with Crippen LogP contribution in [0, 0.1) is 6.92 Å². The fraction of sp³-hybridized carbons (Fsp3) is 0.0870. The third-order valence-electron chi connectivity index (χ3n) is 4.54. The van der Waals surface area contributed by atoms with E-state index in [-0.39, 0.29) is 18.0 Å². The molecule has 0 radical (unpaired) electrons. The Bertz CT molecular complexity index is 1170. The fourth-order valence-corrected chi connectivity index (χ4v) is 2.99. The Labute approximate surface area is 156 Å². The molecule has 2 aromatic carbocycles. The molecule has 0 aliphatic carbocycles. The predicted molar refractivity (Wildman–Crippen MR) is 104 cm³/mol.